The van der Waals surface area contributed by atoms with Gasteiger partial charge in [0.2, 0.25) is 17.7 Å². The van der Waals surface area contributed by atoms with Crippen LogP contribution in [0.5, 0.6) is 0 Å². The molecule has 0 radical (unpaired) electrons. The second kappa shape index (κ2) is 9.26. The van der Waals surface area contributed by atoms with Gasteiger partial charge in [0.05, 0.1) is 30.1 Å². The Hall–Kier alpha value is -3.23. The van der Waals surface area contributed by atoms with Crippen LogP contribution in [-0.4, -0.2) is 57.6 Å². The SMILES string of the molecule is CC[C@@]12CCC3(O1)C(C(=O)Nc1c(C)cccc1C)N([C@H](C)CO)C(=O)[C@@H]3[C@@H]2C(=O)Nc1ccccc1. The Kier molecular flexibility index (Phi) is 6.36. The molecule has 0 saturated carbocycles. The van der Waals surface area contributed by atoms with Crippen molar-refractivity contribution in [3.63, 3.8) is 0 Å². The van der Waals surface area contributed by atoms with E-state index in [0.717, 1.165) is 11.1 Å². The van der Waals surface area contributed by atoms with Crippen LogP contribution in [-0.2, 0) is 19.1 Å². The highest BCUT2D eigenvalue weighted by Gasteiger charge is 2.79. The zero-order valence-corrected chi connectivity index (χ0v) is 21.8. The van der Waals surface area contributed by atoms with Gasteiger partial charge in [-0.3, -0.25) is 14.4 Å². The monoisotopic (exact) mass is 505 g/mol. The fourth-order valence-electron chi connectivity index (χ4n) is 6.86. The number of nitrogens with zero attached hydrogens (tertiary/aromatic N) is 1. The molecule has 2 bridgehead atoms. The second-order valence-electron chi connectivity index (χ2n) is 10.7. The Labute approximate surface area is 217 Å². The van der Waals surface area contributed by atoms with E-state index in [1.54, 1.807) is 19.1 Å². The number of aryl methyl sites for hydroxylation is 2. The van der Waals surface area contributed by atoms with Crippen molar-refractivity contribution in [2.24, 2.45) is 11.8 Å². The zero-order chi connectivity index (χ0) is 26.5. The van der Waals surface area contributed by atoms with E-state index < -0.39 is 35.1 Å². The molecule has 2 unspecified atom stereocenters. The van der Waals surface area contributed by atoms with Gasteiger partial charge in [0.1, 0.15) is 11.6 Å². The Balaban J connectivity index is 1.56. The molecule has 2 aromatic rings. The van der Waals surface area contributed by atoms with Crippen molar-refractivity contribution in [1.29, 1.82) is 0 Å². The summed E-state index contributed by atoms with van der Waals surface area (Å²) in [4.78, 5) is 43.3. The molecule has 3 N–H and O–H groups in total. The summed E-state index contributed by atoms with van der Waals surface area (Å²) in [6.07, 6.45) is 1.62. The van der Waals surface area contributed by atoms with Crippen LogP contribution in [0.2, 0.25) is 0 Å². The smallest absolute Gasteiger partial charge is 0.250 e. The van der Waals surface area contributed by atoms with Gasteiger partial charge >= 0.3 is 0 Å². The summed E-state index contributed by atoms with van der Waals surface area (Å²) in [7, 11) is 0. The van der Waals surface area contributed by atoms with Crippen LogP contribution in [0.4, 0.5) is 11.4 Å². The largest absolute Gasteiger partial charge is 0.394 e. The van der Waals surface area contributed by atoms with E-state index in [0.29, 0.717) is 30.6 Å². The van der Waals surface area contributed by atoms with Gasteiger partial charge in [-0.1, -0.05) is 43.3 Å². The summed E-state index contributed by atoms with van der Waals surface area (Å²) in [6, 6.07) is 13.3. The lowest BCUT2D eigenvalue weighted by molar-refractivity contribution is -0.147. The third kappa shape index (κ3) is 3.77. The number of ether oxygens (including phenoxy) is 1. The van der Waals surface area contributed by atoms with Gasteiger partial charge < -0.3 is 25.4 Å². The van der Waals surface area contributed by atoms with Gasteiger partial charge in [-0.05, 0) is 63.3 Å². The number of amides is 3. The number of hydrogen-bond acceptors (Lipinski definition) is 5. The Morgan fingerprint density at radius 1 is 1.05 bits per heavy atom. The molecule has 0 aliphatic carbocycles. The number of benzene rings is 2. The van der Waals surface area contributed by atoms with Crippen molar-refractivity contribution in [3.05, 3.63) is 59.7 Å². The summed E-state index contributed by atoms with van der Waals surface area (Å²) in [5, 5.41) is 16.1. The first-order valence-corrected chi connectivity index (χ1v) is 13.1. The lowest BCUT2D eigenvalue weighted by Crippen LogP contribution is -2.56. The fourth-order valence-corrected chi connectivity index (χ4v) is 6.86. The van der Waals surface area contributed by atoms with Crippen LogP contribution in [0.1, 0.15) is 44.2 Å². The number of fused-ring (bicyclic) bond motifs is 1. The lowest BCUT2D eigenvalue weighted by Gasteiger charge is -2.36. The standard InChI is InChI=1S/C29H35N3O5/c1-5-28-14-15-29(37-28)22(21(28)25(34)30-20-12-7-6-8-13-20)27(36)32(19(4)16-33)24(29)26(35)31-23-17(2)10-9-11-18(23)3/h6-13,19,21-22,24,33H,5,14-16H2,1-4H3,(H,30,34)(H,31,35)/t19-,21-,22+,24?,28+,29?/m1/s1. The molecule has 3 aliphatic heterocycles. The van der Waals surface area contributed by atoms with Crippen molar-refractivity contribution in [3.8, 4) is 0 Å². The Morgan fingerprint density at radius 2 is 1.73 bits per heavy atom. The number of carbonyl (C=O) groups is 3. The number of nitrogens with one attached hydrogen (secondary N) is 2. The minimum atomic E-state index is -1.14. The third-order valence-corrected chi connectivity index (χ3v) is 8.66. The molecule has 37 heavy (non-hydrogen) atoms. The van der Waals surface area contributed by atoms with Crippen molar-refractivity contribution in [2.45, 2.75) is 70.2 Å². The van der Waals surface area contributed by atoms with Crippen molar-refractivity contribution < 1.29 is 24.2 Å². The van der Waals surface area contributed by atoms with Gasteiger partial charge in [-0.2, -0.15) is 0 Å². The maximum absolute atomic E-state index is 14.1. The molecule has 3 aliphatic rings. The maximum Gasteiger partial charge on any atom is 0.250 e. The van der Waals surface area contributed by atoms with E-state index in [4.69, 9.17) is 4.74 Å². The molecule has 3 amide bonds. The summed E-state index contributed by atoms with van der Waals surface area (Å²) in [6.45, 7) is 7.22. The van der Waals surface area contributed by atoms with Crippen molar-refractivity contribution in [2.75, 3.05) is 17.2 Å². The molecule has 8 nitrogen and oxygen atoms in total. The average Bonchev–Trinajstić information content (AvgIpc) is 3.50. The van der Waals surface area contributed by atoms with Crippen molar-refractivity contribution in [1.82, 2.24) is 4.90 Å². The quantitative estimate of drug-likeness (QED) is 0.535. The average molecular weight is 506 g/mol. The number of rotatable bonds is 7. The van der Waals surface area contributed by atoms with Crippen LogP contribution < -0.4 is 10.6 Å². The molecule has 3 fully saturated rings. The fraction of sp³-hybridized carbons (Fsp3) is 0.483. The highest BCUT2D eigenvalue weighted by molar-refractivity contribution is 6.05. The number of aliphatic hydroxyl groups is 1. The van der Waals surface area contributed by atoms with Gasteiger partial charge in [-0.25, -0.2) is 0 Å². The van der Waals surface area contributed by atoms with Crippen molar-refractivity contribution >= 4 is 29.1 Å². The highest BCUT2D eigenvalue weighted by Crippen LogP contribution is 2.64. The topological polar surface area (TPSA) is 108 Å². The van der Waals surface area contributed by atoms with Gasteiger partial charge in [0.25, 0.3) is 0 Å². The first-order chi connectivity index (χ1) is 17.7. The molecule has 3 saturated heterocycles. The molecule has 1 spiro atoms. The Morgan fingerprint density at radius 3 is 2.35 bits per heavy atom. The number of hydrogen-bond donors (Lipinski definition) is 3. The third-order valence-electron chi connectivity index (χ3n) is 8.66. The van der Waals surface area contributed by atoms with Crippen LogP contribution in [0.25, 0.3) is 0 Å². The number of para-hydroxylation sites is 2. The molecule has 5 rings (SSSR count). The van der Waals surface area contributed by atoms with E-state index in [1.165, 1.54) is 4.90 Å². The summed E-state index contributed by atoms with van der Waals surface area (Å²) in [5.74, 6) is -2.51. The normalized spacial score (nSPS) is 30.8. The predicted molar refractivity (Wildman–Crippen MR) is 140 cm³/mol. The van der Waals surface area contributed by atoms with Gasteiger partial charge in [0.15, 0.2) is 0 Å². The molecular weight excluding hydrogens is 470 g/mol. The van der Waals surface area contributed by atoms with Gasteiger partial charge in [-0.15, -0.1) is 0 Å². The molecule has 2 aromatic carbocycles. The lowest BCUT2D eigenvalue weighted by atomic mass is 9.65. The molecule has 3 heterocycles. The predicted octanol–water partition coefficient (Wildman–Crippen LogP) is 3.42. The number of anilines is 2. The first kappa shape index (κ1) is 25.4. The minimum absolute atomic E-state index is 0.277. The van der Waals surface area contributed by atoms with E-state index >= 15 is 0 Å². The van der Waals surface area contributed by atoms with Gasteiger partial charge in [0, 0.05) is 11.4 Å². The van der Waals surface area contributed by atoms with Crippen LogP contribution in [0.3, 0.4) is 0 Å². The molecule has 8 heteroatoms. The van der Waals surface area contributed by atoms with E-state index in [-0.39, 0.29) is 24.3 Å². The molecular formula is C29H35N3O5. The summed E-state index contributed by atoms with van der Waals surface area (Å²) >= 11 is 0. The minimum Gasteiger partial charge on any atom is -0.394 e. The highest BCUT2D eigenvalue weighted by atomic mass is 16.5. The number of carbonyl (C=O) groups excluding carboxylic acids is 3. The first-order valence-electron chi connectivity index (χ1n) is 13.1. The van der Waals surface area contributed by atoms with E-state index in [1.807, 2.05) is 57.2 Å². The van der Waals surface area contributed by atoms with Crippen LogP contribution in [0, 0.1) is 25.7 Å². The summed E-state index contributed by atoms with van der Waals surface area (Å²) in [5.41, 5.74) is 1.20. The number of aliphatic hydroxyl groups excluding tert-OH is 1. The molecule has 6 atom stereocenters. The van der Waals surface area contributed by atoms with Crippen LogP contribution >= 0.6 is 0 Å². The van der Waals surface area contributed by atoms with E-state index in [2.05, 4.69) is 10.6 Å². The Bertz CT molecular complexity index is 1210. The van der Waals surface area contributed by atoms with E-state index in [9.17, 15) is 19.5 Å². The second-order valence-corrected chi connectivity index (χ2v) is 10.7. The van der Waals surface area contributed by atoms with Crippen LogP contribution in [0.15, 0.2) is 48.5 Å². The molecule has 0 aromatic heterocycles. The molecule has 196 valence electrons. The maximum atomic E-state index is 14.1. The number of likely N-dealkylation sites (tertiary alicyclic amines) is 1. The summed E-state index contributed by atoms with van der Waals surface area (Å²) < 4.78 is 6.75. The zero-order valence-electron chi connectivity index (χ0n) is 21.8.